The second-order valence-electron chi connectivity index (χ2n) is 4.17. The van der Waals surface area contributed by atoms with Gasteiger partial charge in [-0.2, -0.15) is 0 Å². The number of unbranched alkanes of at least 4 members (excludes halogenated alkanes) is 1. The molecule has 18 heavy (non-hydrogen) atoms. The molecule has 2 rings (SSSR count). The van der Waals surface area contributed by atoms with Crippen LogP contribution >= 0.6 is 15.9 Å². The van der Waals surface area contributed by atoms with Crippen molar-refractivity contribution in [2.75, 3.05) is 0 Å². The monoisotopic (exact) mass is 301 g/mol. The lowest BCUT2D eigenvalue weighted by Crippen LogP contribution is -1.83. The molecule has 0 atom stereocenters. The largest absolute Gasteiger partial charge is 0.256 e. The molecule has 0 bridgehead atoms. The van der Waals surface area contributed by atoms with Crippen molar-refractivity contribution in [2.24, 2.45) is 0 Å². The summed E-state index contributed by atoms with van der Waals surface area (Å²) in [7, 11) is 0. The van der Waals surface area contributed by atoms with Gasteiger partial charge in [-0.1, -0.05) is 59.6 Å². The molecular weight excluding hydrogens is 286 g/mol. The van der Waals surface area contributed by atoms with Gasteiger partial charge in [0.1, 0.15) is 0 Å². The minimum atomic E-state index is 1.01. The minimum absolute atomic E-state index is 1.01. The van der Waals surface area contributed by atoms with Crippen LogP contribution in [0.5, 0.6) is 0 Å². The van der Waals surface area contributed by atoms with Crippen LogP contribution in [0.15, 0.2) is 53.1 Å². The summed E-state index contributed by atoms with van der Waals surface area (Å²) in [5, 5.41) is 0. The number of nitrogens with zero attached hydrogens (tertiary/aromatic N) is 1. The molecule has 0 aliphatic carbocycles. The zero-order chi connectivity index (χ0) is 12.8. The van der Waals surface area contributed by atoms with E-state index < -0.39 is 0 Å². The highest BCUT2D eigenvalue weighted by Gasteiger charge is 1.98. The van der Waals surface area contributed by atoms with Gasteiger partial charge in [0, 0.05) is 16.2 Å². The lowest BCUT2D eigenvalue weighted by atomic mass is 10.1. The molecule has 0 fully saturated rings. The van der Waals surface area contributed by atoms with E-state index in [1.165, 1.54) is 6.42 Å². The number of benzene rings is 1. The van der Waals surface area contributed by atoms with Crippen LogP contribution in [0, 0.1) is 0 Å². The standard InChI is InChI=1S/C16H16BrN/c1-2-3-4-5-13-6-11-16(18-12-13)14-7-9-15(17)10-8-14/h4-12H,2-3H2,1H3/b5-4+. The molecule has 0 aliphatic rings. The van der Waals surface area contributed by atoms with E-state index in [9.17, 15) is 0 Å². The zero-order valence-corrected chi connectivity index (χ0v) is 12.0. The lowest BCUT2D eigenvalue weighted by molar-refractivity contribution is 0.962. The highest BCUT2D eigenvalue weighted by molar-refractivity contribution is 9.10. The maximum atomic E-state index is 4.49. The van der Waals surface area contributed by atoms with Gasteiger partial charge >= 0.3 is 0 Å². The van der Waals surface area contributed by atoms with Gasteiger partial charge in [-0.05, 0) is 30.2 Å². The molecule has 2 aromatic rings. The van der Waals surface area contributed by atoms with Gasteiger partial charge in [-0.25, -0.2) is 0 Å². The van der Waals surface area contributed by atoms with Crippen molar-refractivity contribution in [2.45, 2.75) is 19.8 Å². The average molecular weight is 302 g/mol. The summed E-state index contributed by atoms with van der Waals surface area (Å²) >= 11 is 3.44. The van der Waals surface area contributed by atoms with Gasteiger partial charge in [0.05, 0.1) is 5.69 Å². The lowest BCUT2D eigenvalue weighted by Gasteiger charge is -2.01. The maximum absolute atomic E-state index is 4.49. The van der Waals surface area contributed by atoms with Gasteiger partial charge in [-0.15, -0.1) is 0 Å². The normalized spacial score (nSPS) is 11.0. The van der Waals surface area contributed by atoms with Crippen molar-refractivity contribution >= 4 is 22.0 Å². The summed E-state index contributed by atoms with van der Waals surface area (Å²) in [5.74, 6) is 0. The Bertz CT molecular complexity index is 512. The second kappa shape index (κ2) is 6.50. The van der Waals surface area contributed by atoms with E-state index in [0.717, 1.165) is 27.7 Å². The Morgan fingerprint density at radius 1 is 1.11 bits per heavy atom. The Balaban J connectivity index is 2.14. The summed E-state index contributed by atoms with van der Waals surface area (Å²) in [5.41, 5.74) is 3.31. The number of allylic oxidation sites excluding steroid dienone is 1. The molecular formula is C16H16BrN. The SMILES string of the molecule is CCC/C=C/c1ccc(-c2ccc(Br)cc2)nc1. The van der Waals surface area contributed by atoms with Crippen molar-refractivity contribution in [3.63, 3.8) is 0 Å². The molecule has 0 saturated carbocycles. The third-order valence-electron chi connectivity index (χ3n) is 2.69. The van der Waals surface area contributed by atoms with Crippen LogP contribution in [0.1, 0.15) is 25.3 Å². The molecule has 1 aromatic carbocycles. The summed E-state index contributed by atoms with van der Waals surface area (Å²) in [6.07, 6.45) is 8.54. The summed E-state index contributed by atoms with van der Waals surface area (Å²) in [4.78, 5) is 4.49. The Hall–Kier alpha value is -1.41. The van der Waals surface area contributed by atoms with Crippen LogP contribution in [0.4, 0.5) is 0 Å². The number of hydrogen-bond acceptors (Lipinski definition) is 1. The molecule has 0 aliphatic heterocycles. The van der Waals surface area contributed by atoms with Crippen molar-refractivity contribution in [3.05, 3.63) is 58.7 Å². The Morgan fingerprint density at radius 2 is 1.89 bits per heavy atom. The van der Waals surface area contributed by atoms with E-state index in [1.54, 1.807) is 0 Å². The maximum Gasteiger partial charge on any atom is 0.0702 e. The smallest absolute Gasteiger partial charge is 0.0702 e. The van der Waals surface area contributed by atoms with Crippen LogP contribution in [0.3, 0.4) is 0 Å². The predicted molar refractivity (Wildman–Crippen MR) is 81.3 cm³/mol. The molecule has 0 amide bonds. The molecule has 92 valence electrons. The first-order chi connectivity index (χ1) is 8.79. The van der Waals surface area contributed by atoms with Crippen LogP contribution < -0.4 is 0 Å². The number of rotatable bonds is 4. The first-order valence-electron chi connectivity index (χ1n) is 6.18. The number of pyridine rings is 1. The fraction of sp³-hybridized carbons (Fsp3) is 0.188. The zero-order valence-electron chi connectivity index (χ0n) is 10.4. The van der Waals surface area contributed by atoms with Crippen molar-refractivity contribution < 1.29 is 0 Å². The van der Waals surface area contributed by atoms with Gasteiger partial charge in [0.25, 0.3) is 0 Å². The third-order valence-corrected chi connectivity index (χ3v) is 3.22. The van der Waals surface area contributed by atoms with Gasteiger partial charge < -0.3 is 0 Å². The summed E-state index contributed by atoms with van der Waals surface area (Å²) in [6, 6.07) is 12.4. The van der Waals surface area contributed by atoms with Crippen LogP contribution in [0.25, 0.3) is 17.3 Å². The molecule has 0 radical (unpaired) electrons. The quantitative estimate of drug-likeness (QED) is 0.744. The van der Waals surface area contributed by atoms with Crippen LogP contribution in [0.2, 0.25) is 0 Å². The number of aromatic nitrogens is 1. The first kappa shape index (κ1) is 13.0. The van der Waals surface area contributed by atoms with Crippen molar-refractivity contribution in [1.29, 1.82) is 0 Å². The fourth-order valence-corrected chi connectivity index (χ4v) is 1.95. The van der Waals surface area contributed by atoms with Gasteiger partial charge in [0.15, 0.2) is 0 Å². The first-order valence-corrected chi connectivity index (χ1v) is 6.97. The van der Waals surface area contributed by atoms with E-state index in [2.05, 4.69) is 64.3 Å². The fourth-order valence-electron chi connectivity index (χ4n) is 1.68. The second-order valence-corrected chi connectivity index (χ2v) is 5.09. The molecule has 0 spiro atoms. The number of halogens is 1. The minimum Gasteiger partial charge on any atom is -0.256 e. The molecule has 0 saturated heterocycles. The van der Waals surface area contributed by atoms with E-state index in [1.807, 2.05) is 18.3 Å². The number of hydrogen-bond donors (Lipinski definition) is 0. The molecule has 1 aromatic heterocycles. The molecule has 1 heterocycles. The Labute approximate surface area is 117 Å². The Morgan fingerprint density at radius 3 is 2.50 bits per heavy atom. The molecule has 2 heteroatoms. The Kier molecular flexibility index (Phi) is 4.71. The third kappa shape index (κ3) is 3.54. The average Bonchev–Trinajstić information content (AvgIpc) is 2.41. The summed E-state index contributed by atoms with van der Waals surface area (Å²) < 4.78 is 1.09. The van der Waals surface area contributed by atoms with E-state index in [4.69, 9.17) is 0 Å². The highest BCUT2D eigenvalue weighted by atomic mass is 79.9. The molecule has 0 unspecified atom stereocenters. The molecule has 1 nitrogen and oxygen atoms in total. The van der Waals surface area contributed by atoms with Gasteiger partial charge in [0.2, 0.25) is 0 Å². The van der Waals surface area contributed by atoms with Crippen molar-refractivity contribution in [1.82, 2.24) is 4.98 Å². The predicted octanol–water partition coefficient (Wildman–Crippen LogP) is 5.32. The van der Waals surface area contributed by atoms with Gasteiger partial charge in [-0.3, -0.25) is 4.98 Å². The molecule has 0 N–H and O–H groups in total. The van der Waals surface area contributed by atoms with E-state index >= 15 is 0 Å². The summed E-state index contributed by atoms with van der Waals surface area (Å²) in [6.45, 7) is 2.18. The van der Waals surface area contributed by atoms with Crippen LogP contribution in [-0.2, 0) is 0 Å². The highest BCUT2D eigenvalue weighted by Crippen LogP contribution is 2.20. The van der Waals surface area contributed by atoms with E-state index in [-0.39, 0.29) is 0 Å². The van der Waals surface area contributed by atoms with E-state index in [0.29, 0.717) is 0 Å². The van der Waals surface area contributed by atoms with Crippen molar-refractivity contribution in [3.8, 4) is 11.3 Å². The topological polar surface area (TPSA) is 12.9 Å². The van der Waals surface area contributed by atoms with Crippen LogP contribution in [-0.4, -0.2) is 4.98 Å².